The molecule has 2 aromatic rings. The van der Waals surface area contributed by atoms with Crippen LogP contribution in [0.3, 0.4) is 0 Å². The van der Waals surface area contributed by atoms with Crippen molar-refractivity contribution in [1.82, 2.24) is 4.57 Å². The summed E-state index contributed by atoms with van der Waals surface area (Å²) >= 11 is 0. The van der Waals surface area contributed by atoms with Crippen molar-refractivity contribution in [2.45, 2.75) is 13.5 Å². The van der Waals surface area contributed by atoms with Crippen molar-refractivity contribution >= 4 is 5.97 Å². The molecule has 3 nitrogen and oxygen atoms in total. The van der Waals surface area contributed by atoms with Crippen molar-refractivity contribution in [3.8, 4) is 11.1 Å². The first-order valence-electron chi connectivity index (χ1n) is 5.59. The fourth-order valence-corrected chi connectivity index (χ4v) is 1.81. The van der Waals surface area contributed by atoms with E-state index >= 15 is 0 Å². The number of carbonyl (C=O) groups excluding carboxylic acids is 1. The number of aromatic nitrogens is 1. The highest BCUT2D eigenvalue weighted by Crippen LogP contribution is 2.25. The molecule has 1 aromatic heterocycles. The molecule has 0 radical (unpaired) electrons. The minimum Gasteiger partial charge on any atom is -0.465 e. The normalized spacial score (nSPS) is 10.2. The van der Waals surface area contributed by atoms with E-state index in [2.05, 4.69) is 0 Å². The Labute approximate surface area is 101 Å². The molecule has 0 saturated carbocycles. The molecular weight excluding hydrogens is 214 g/mol. The van der Waals surface area contributed by atoms with Gasteiger partial charge in [-0.05, 0) is 12.5 Å². The first-order valence-corrected chi connectivity index (χ1v) is 5.59. The van der Waals surface area contributed by atoms with Gasteiger partial charge >= 0.3 is 5.97 Å². The van der Waals surface area contributed by atoms with E-state index < -0.39 is 0 Å². The Morgan fingerprint density at radius 2 is 1.94 bits per heavy atom. The fourth-order valence-electron chi connectivity index (χ4n) is 1.81. The van der Waals surface area contributed by atoms with E-state index in [9.17, 15) is 4.79 Å². The van der Waals surface area contributed by atoms with E-state index in [1.165, 1.54) is 7.11 Å². The molecule has 2 rings (SSSR count). The smallest absolute Gasteiger partial charge is 0.340 e. The van der Waals surface area contributed by atoms with Crippen LogP contribution in [0.1, 0.15) is 17.3 Å². The molecule has 1 aromatic carbocycles. The number of carbonyl (C=O) groups is 1. The lowest BCUT2D eigenvalue weighted by Gasteiger charge is -2.01. The lowest BCUT2D eigenvalue weighted by molar-refractivity contribution is 0.0601. The number of ether oxygens (including phenoxy) is 1. The predicted molar refractivity (Wildman–Crippen MR) is 66.9 cm³/mol. The van der Waals surface area contributed by atoms with Gasteiger partial charge in [0.1, 0.15) is 0 Å². The third-order valence-electron chi connectivity index (χ3n) is 2.74. The zero-order chi connectivity index (χ0) is 12.3. The molecule has 0 unspecified atom stereocenters. The molecular formula is C14H15NO2. The van der Waals surface area contributed by atoms with Gasteiger partial charge in [0.2, 0.25) is 0 Å². The van der Waals surface area contributed by atoms with E-state index in [4.69, 9.17) is 4.74 Å². The van der Waals surface area contributed by atoms with Gasteiger partial charge in [-0.15, -0.1) is 0 Å². The van der Waals surface area contributed by atoms with Gasteiger partial charge in [-0.1, -0.05) is 30.3 Å². The summed E-state index contributed by atoms with van der Waals surface area (Å²) in [7, 11) is 1.40. The van der Waals surface area contributed by atoms with Crippen LogP contribution in [0.2, 0.25) is 0 Å². The monoisotopic (exact) mass is 229 g/mol. The van der Waals surface area contributed by atoms with Crippen molar-refractivity contribution in [3.05, 3.63) is 48.3 Å². The lowest BCUT2D eigenvalue weighted by Crippen LogP contribution is -2.01. The Morgan fingerprint density at radius 3 is 2.53 bits per heavy atom. The second kappa shape index (κ2) is 4.87. The van der Waals surface area contributed by atoms with Gasteiger partial charge < -0.3 is 9.30 Å². The highest BCUT2D eigenvalue weighted by Gasteiger charge is 2.15. The van der Waals surface area contributed by atoms with Crippen LogP contribution in [0.5, 0.6) is 0 Å². The zero-order valence-electron chi connectivity index (χ0n) is 10.0. The van der Waals surface area contributed by atoms with Crippen LogP contribution < -0.4 is 0 Å². The van der Waals surface area contributed by atoms with Crippen LogP contribution in [-0.2, 0) is 11.3 Å². The number of hydrogen-bond donors (Lipinski definition) is 0. The van der Waals surface area contributed by atoms with E-state index in [1.807, 2.05) is 54.2 Å². The molecule has 0 spiro atoms. The van der Waals surface area contributed by atoms with Crippen molar-refractivity contribution in [2.75, 3.05) is 7.11 Å². The quantitative estimate of drug-likeness (QED) is 0.758. The van der Waals surface area contributed by atoms with Crippen LogP contribution in [0.25, 0.3) is 11.1 Å². The first-order chi connectivity index (χ1) is 8.26. The van der Waals surface area contributed by atoms with E-state index in [-0.39, 0.29) is 5.97 Å². The summed E-state index contributed by atoms with van der Waals surface area (Å²) in [5.74, 6) is -0.295. The average Bonchev–Trinajstić information content (AvgIpc) is 2.83. The van der Waals surface area contributed by atoms with Gasteiger partial charge in [-0.25, -0.2) is 4.79 Å². The lowest BCUT2D eigenvalue weighted by atomic mass is 10.1. The number of rotatable bonds is 3. The Balaban J connectivity index is 2.52. The molecule has 0 aliphatic rings. The summed E-state index contributed by atoms with van der Waals surface area (Å²) in [6, 6.07) is 9.85. The van der Waals surface area contributed by atoms with E-state index in [0.717, 1.165) is 17.7 Å². The summed E-state index contributed by atoms with van der Waals surface area (Å²) in [5, 5.41) is 0. The Hall–Kier alpha value is -2.03. The van der Waals surface area contributed by atoms with Gasteiger partial charge in [-0.2, -0.15) is 0 Å². The van der Waals surface area contributed by atoms with Gasteiger partial charge in [0.05, 0.1) is 12.7 Å². The molecule has 1 heterocycles. The molecule has 0 bridgehead atoms. The Bertz CT molecular complexity index is 514. The summed E-state index contributed by atoms with van der Waals surface area (Å²) in [5.41, 5.74) is 2.56. The number of esters is 1. The predicted octanol–water partition coefficient (Wildman–Crippen LogP) is 2.96. The Morgan fingerprint density at radius 1 is 1.24 bits per heavy atom. The number of benzene rings is 1. The molecule has 0 N–H and O–H groups in total. The maximum atomic E-state index is 11.7. The van der Waals surface area contributed by atoms with Crippen LogP contribution in [0, 0.1) is 0 Å². The van der Waals surface area contributed by atoms with Crippen molar-refractivity contribution in [2.24, 2.45) is 0 Å². The molecule has 0 atom stereocenters. The number of aryl methyl sites for hydroxylation is 1. The van der Waals surface area contributed by atoms with Crippen LogP contribution in [0.4, 0.5) is 0 Å². The Kier molecular flexibility index (Phi) is 3.28. The highest BCUT2D eigenvalue weighted by molar-refractivity contribution is 5.97. The average molecular weight is 229 g/mol. The minimum atomic E-state index is -0.295. The van der Waals surface area contributed by atoms with Crippen LogP contribution >= 0.6 is 0 Å². The highest BCUT2D eigenvalue weighted by atomic mass is 16.5. The van der Waals surface area contributed by atoms with E-state index in [1.54, 1.807) is 0 Å². The van der Waals surface area contributed by atoms with Gasteiger partial charge in [0, 0.05) is 24.5 Å². The van der Waals surface area contributed by atoms with E-state index in [0.29, 0.717) is 5.56 Å². The standard InChI is InChI=1S/C14H15NO2/c1-3-15-9-12(11-7-5-4-6-8-11)13(10-15)14(16)17-2/h4-10H,3H2,1-2H3. The summed E-state index contributed by atoms with van der Waals surface area (Å²) in [6.45, 7) is 2.87. The van der Waals surface area contributed by atoms with Crippen LogP contribution in [-0.4, -0.2) is 17.6 Å². The van der Waals surface area contributed by atoms with Crippen LogP contribution in [0.15, 0.2) is 42.7 Å². The summed E-state index contributed by atoms with van der Waals surface area (Å²) in [4.78, 5) is 11.7. The van der Waals surface area contributed by atoms with Crippen molar-refractivity contribution in [3.63, 3.8) is 0 Å². The van der Waals surface area contributed by atoms with Crippen molar-refractivity contribution in [1.29, 1.82) is 0 Å². The third-order valence-corrected chi connectivity index (χ3v) is 2.74. The van der Waals surface area contributed by atoms with Gasteiger partial charge in [0.15, 0.2) is 0 Å². The fraction of sp³-hybridized carbons (Fsp3) is 0.214. The summed E-state index contributed by atoms with van der Waals surface area (Å²) < 4.78 is 6.78. The largest absolute Gasteiger partial charge is 0.465 e. The van der Waals surface area contributed by atoms with Gasteiger partial charge in [-0.3, -0.25) is 0 Å². The second-order valence-electron chi connectivity index (χ2n) is 3.77. The maximum absolute atomic E-state index is 11.7. The molecule has 0 amide bonds. The molecule has 0 fully saturated rings. The third kappa shape index (κ3) is 2.23. The molecule has 0 aliphatic heterocycles. The van der Waals surface area contributed by atoms with Gasteiger partial charge in [0.25, 0.3) is 0 Å². The topological polar surface area (TPSA) is 31.2 Å². The molecule has 0 aliphatic carbocycles. The number of methoxy groups -OCH3 is 1. The minimum absolute atomic E-state index is 0.295. The number of nitrogens with zero attached hydrogens (tertiary/aromatic N) is 1. The molecule has 3 heteroatoms. The summed E-state index contributed by atoms with van der Waals surface area (Å²) in [6.07, 6.45) is 3.80. The number of hydrogen-bond acceptors (Lipinski definition) is 2. The SMILES string of the molecule is CCn1cc(C(=O)OC)c(-c2ccccc2)c1. The van der Waals surface area contributed by atoms with Crippen molar-refractivity contribution < 1.29 is 9.53 Å². The maximum Gasteiger partial charge on any atom is 0.340 e. The first kappa shape index (κ1) is 11.5. The zero-order valence-corrected chi connectivity index (χ0v) is 10.0. The molecule has 17 heavy (non-hydrogen) atoms. The molecule has 0 saturated heterocycles. The molecule has 88 valence electrons. The second-order valence-corrected chi connectivity index (χ2v) is 3.77.